The topological polar surface area (TPSA) is 66.5 Å². The highest BCUT2D eigenvalue weighted by Gasteiger charge is 2.25. The van der Waals surface area contributed by atoms with E-state index in [1.54, 1.807) is 22.2 Å². The molecule has 3 heterocycles. The van der Waals surface area contributed by atoms with Gasteiger partial charge in [-0.2, -0.15) is 9.61 Å². The molecule has 116 valence electrons. The quantitative estimate of drug-likeness (QED) is 0.799. The van der Waals surface area contributed by atoms with Crippen molar-refractivity contribution in [3.8, 4) is 0 Å². The number of likely N-dealkylation sites (N-methyl/N-ethyl adjacent to an activating group) is 1. The molecule has 0 saturated carbocycles. The Kier molecular flexibility index (Phi) is 3.27. The Bertz CT molecular complexity index is 839. The fourth-order valence-electron chi connectivity index (χ4n) is 3.25. The van der Waals surface area contributed by atoms with E-state index in [1.165, 1.54) is 22.2 Å². The Morgan fingerprint density at radius 3 is 3.18 bits per heavy atom. The van der Waals surface area contributed by atoms with E-state index < -0.39 is 0 Å². The van der Waals surface area contributed by atoms with Crippen molar-refractivity contribution in [1.29, 1.82) is 0 Å². The number of aliphatic hydroxyl groups is 1. The van der Waals surface area contributed by atoms with Gasteiger partial charge in [-0.25, -0.2) is 9.97 Å². The Morgan fingerprint density at radius 1 is 1.50 bits per heavy atom. The van der Waals surface area contributed by atoms with Gasteiger partial charge in [0.25, 0.3) is 0 Å². The maximum Gasteiger partial charge on any atom is 0.229 e. The first-order valence-electron chi connectivity index (χ1n) is 7.65. The molecule has 1 N–H and O–H groups in total. The standard InChI is InChI=1S/C15H19N5OS/c1-9-3-4-11-10(7-9)12-13-16-8-17-20(13)15(18-14(12)22-11)19(2)5-6-21/h8-9,21H,3-7H2,1-2H3/t9-/m1/s1. The third-order valence-electron chi connectivity index (χ3n) is 4.43. The van der Waals surface area contributed by atoms with Crippen molar-refractivity contribution in [2.75, 3.05) is 25.1 Å². The van der Waals surface area contributed by atoms with Gasteiger partial charge in [0.15, 0.2) is 5.65 Å². The minimum Gasteiger partial charge on any atom is -0.395 e. The molecular weight excluding hydrogens is 298 g/mol. The molecule has 0 amide bonds. The monoisotopic (exact) mass is 317 g/mol. The summed E-state index contributed by atoms with van der Waals surface area (Å²) in [7, 11) is 1.92. The average molecular weight is 317 g/mol. The highest BCUT2D eigenvalue weighted by atomic mass is 32.1. The van der Waals surface area contributed by atoms with Gasteiger partial charge in [-0.15, -0.1) is 11.3 Å². The van der Waals surface area contributed by atoms with Crippen LogP contribution in [0.1, 0.15) is 23.8 Å². The number of thiophene rings is 1. The van der Waals surface area contributed by atoms with E-state index in [1.807, 2.05) is 11.9 Å². The predicted molar refractivity (Wildman–Crippen MR) is 87.7 cm³/mol. The van der Waals surface area contributed by atoms with Crippen LogP contribution in [-0.4, -0.2) is 44.9 Å². The Balaban J connectivity index is 1.99. The summed E-state index contributed by atoms with van der Waals surface area (Å²) in [6, 6.07) is 0. The van der Waals surface area contributed by atoms with Crippen LogP contribution in [0.2, 0.25) is 0 Å². The van der Waals surface area contributed by atoms with Gasteiger partial charge in [0, 0.05) is 18.5 Å². The molecule has 22 heavy (non-hydrogen) atoms. The van der Waals surface area contributed by atoms with Crippen LogP contribution in [0.3, 0.4) is 0 Å². The molecule has 1 aliphatic carbocycles. The third kappa shape index (κ3) is 1.99. The summed E-state index contributed by atoms with van der Waals surface area (Å²) in [6.45, 7) is 2.92. The van der Waals surface area contributed by atoms with Crippen molar-refractivity contribution < 1.29 is 5.11 Å². The molecule has 1 aliphatic rings. The SMILES string of the molecule is C[C@@H]1CCc2sc3nc(N(C)CCO)n4ncnc4c3c2C1. The van der Waals surface area contributed by atoms with E-state index in [2.05, 4.69) is 17.0 Å². The number of hydrogen-bond donors (Lipinski definition) is 1. The normalized spacial score (nSPS) is 18.0. The maximum absolute atomic E-state index is 9.18. The first kappa shape index (κ1) is 13.9. The van der Waals surface area contributed by atoms with Gasteiger partial charge in [-0.1, -0.05) is 6.92 Å². The smallest absolute Gasteiger partial charge is 0.229 e. The first-order chi connectivity index (χ1) is 10.7. The fraction of sp³-hybridized carbons (Fsp3) is 0.533. The lowest BCUT2D eigenvalue weighted by Gasteiger charge is -2.19. The zero-order chi connectivity index (χ0) is 15.3. The highest BCUT2D eigenvalue weighted by Crippen LogP contribution is 2.39. The van der Waals surface area contributed by atoms with E-state index in [4.69, 9.17) is 4.98 Å². The van der Waals surface area contributed by atoms with Crippen LogP contribution in [0.15, 0.2) is 6.33 Å². The molecule has 0 fully saturated rings. The van der Waals surface area contributed by atoms with Crippen molar-refractivity contribution in [3.63, 3.8) is 0 Å². The Morgan fingerprint density at radius 2 is 2.36 bits per heavy atom. The van der Waals surface area contributed by atoms with Gasteiger partial charge in [0.05, 0.1) is 12.0 Å². The van der Waals surface area contributed by atoms with Gasteiger partial charge in [-0.3, -0.25) is 0 Å². The maximum atomic E-state index is 9.18. The first-order valence-corrected chi connectivity index (χ1v) is 8.46. The summed E-state index contributed by atoms with van der Waals surface area (Å²) in [6.07, 6.45) is 5.08. The van der Waals surface area contributed by atoms with Crippen LogP contribution in [-0.2, 0) is 12.8 Å². The number of fused-ring (bicyclic) bond motifs is 5. The summed E-state index contributed by atoms with van der Waals surface area (Å²) in [4.78, 5) is 13.7. The van der Waals surface area contributed by atoms with Crippen molar-refractivity contribution in [3.05, 3.63) is 16.8 Å². The highest BCUT2D eigenvalue weighted by molar-refractivity contribution is 7.19. The second kappa shape index (κ2) is 5.17. The van der Waals surface area contributed by atoms with E-state index in [9.17, 15) is 5.11 Å². The summed E-state index contributed by atoms with van der Waals surface area (Å²) < 4.78 is 1.80. The summed E-state index contributed by atoms with van der Waals surface area (Å²) in [5.74, 6) is 1.45. The predicted octanol–water partition coefficient (Wildman–Crippen LogP) is 1.89. The Labute approximate surface area is 132 Å². The number of anilines is 1. The molecule has 3 aromatic heterocycles. The van der Waals surface area contributed by atoms with Crippen LogP contribution in [0.25, 0.3) is 15.9 Å². The number of aliphatic hydroxyl groups excluding tert-OH is 1. The van der Waals surface area contributed by atoms with Crippen LogP contribution < -0.4 is 4.90 Å². The molecule has 0 unspecified atom stereocenters. The average Bonchev–Trinajstić information content (AvgIpc) is 3.09. The molecule has 3 aromatic rings. The van der Waals surface area contributed by atoms with Crippen LogP contribution in [0.4, 0.5) is 5.95 Å². The van der Waals surface area contributed by atoms with Crippen molar-refractivity contribution in [1.82, 2.24) is 19.6 Å². The van der Waals surface area contributed by atoms with Gasteiger partial charge >= 0.3 is 0 Å². The van der Waals surface area contributed by atoms with E-state index in [0.717, 1.165) is 29.3 Å². The van der Waals surface area contributed by atoms with Crippen molar-refractivity contribution in [2.24, 2.45) is 5.92 Å². The van der Waals surface area contributed by atoms with E-state index in [-0.39, 0.29) is 6.61 Å². The number of aromatic nitrogens is 4. The lowest BCUT2D eigenvalue weighted by atomic mass is 9.89. The molecule has 0 saturated heterocycles. The summed E-state index contributed by atoms with van der Waals surface area (Å²) in [5, 5.41) is 14.7. The van der Waals surface area contributed by atoms with Crippen LogP contribution in [0, 0.1) is 5.92 Å². The van der Waals surface area contributed by atoms with Gasteiger partial charge in [0.1, 0.15) is 11.2 Å². The third-order valence-corrected chi connectivity index (χ3v) is 5.61. The molecule has 0 spiro atoms. The molecule has 0 bridgehead atoms. The number of aryl methyl sites for hydroxylation is 1. The lowest BCUT2D eigenvalue weighted by molar-refractivity contribution is 0.303. The van der Waals surface area contributed by atoms with E-state index >= 15 is 0 Å². The number of rotatable bonds is 3. The van der Waals surface area contributed by atoms with E-state index in [0.29, 0.717) is 12.5 Å². The molecule has 7 heteroatoms. The summed E-state index contributed by atoms with van der Waals surface area (Å²) >= 11 is 1.79. The molecule has 0 aliphatic heterocycles. The number of hydrogen-bond acceptors (Lipinski definition) is 6. The fourth-order valence-corrected chi connectivity index (χ4v) is 4.45. The zero-order valence-electron chi connectivity index (χ0n) is 12.8. The minimum absolute atomic E-state index is 0.0882. The Hall–Kier alpha value is -1.73. The second-order valence-electron chi connectivity index (χ2n) is 6.08. The molecule has 4 rings (SSSR count). The molecular formula is C15H19N5OS. The molecule has 6 nitrogen and oxygen atoms in total. The second-order valence-corrected chi connectivity index (χ2v) is 7.17. The van der Waals surface area contributed by atoms with Gasteiger partial charge in [-0.05, 0) is 30.7 Å². The van der Waals surface area contributed by atoms with Crippen LogP contribution >= 0.6 is 11.3 Å². The van der Waals surface area contributed by atoms with Crippen LogP contribution in [0.5, 0.6) is 0 Å². The number of nitrogens with zero attached hydrogens (tertiary/aromatic N) is 5. The molecule has 0 radical (unpaired) electrons. The van der Waals surface area contributed by atoms with Gasteiger partial charge in [0.2, 0.25) is 5.95 Å². The van der Waals surface area contributed by atoms with Crippen molar-refractivity contribution >= 4 is 33.1 Å². The van der Waals surface area contributed by atoms with Gasteiger partial charge < -0.3 is 10.0 Å². The minimum atomic E-state index is 0.0882. The summed E-state index contributed by atoms with van der Waals surface area (Å²) in [5.41, 5.74) is 2.30. The molecule has 0 aromatic carbocycles. The molecule has 1 atom stereocenters. The largest absolute Gasteiger partial charge is 0.395 e. The van der Waals surface area contributed by atoms with Crippen molar-refractivity contribution in [2.45, 2.75) is 26.2 Å². The zero-order valence-corrected chi connectivity index (χ0v) is 13.6. The lowest BCUT2D eigenvalue weighted by Crippen LogP contribution is -2.25.